The molecule has 0 unspecified atom stereocenters. The molecule has 4 rings (SSSR count). The molecule has 0 aliphatic carbocycles. The Balaban J connectivity index is 1.42. The van der Waals surface area contributed by atoms with E-state index in [1.165, 1.54) is 5.56 Å². The van der Waals surface area contributed by atoms with Gasteiger partial charge in [-0.1, -0.05) is 30.3 Å². The van der Waals surface area contributed by atoms with Crippen LogP contribution in [-0.4, -0.2) is 35.2 Å². The van der Waals surface area contributed by atoms with E-state index in [1.807, 2.05) is 34.9 Å². The van der Waals surface area contributed by atoms with E-state index in [9.17, 15) is 4.79 Å². The fraction of sp³-hybridized carbons (Fsp3) is 0.300. The van der Waals surface area contributed by atoms with Crippen molar-refractivity contribution in [3.8, 4) is 11.5 Å². The lowest BCUT2D eigenvalue weighted by molar-refractivity contribution is -0.121. The average Bonchev–Trinajstić information content (AvgIpc) is 2.88. The highest BCUT2D eigenvalue weighted by Gasteiger charge is 2.15. The minimum atomic E-state index is -0.0349. The van der Waals surface area contributed by atoms with Crippen LogP contribution in [0.2, 0.25) is 0 Å². The van der Waals surface area contributed by atoms with Gasteiger partial charge in [0.1, 0.15) is 6.54 Å². The second-order valence-corrected chi connectivity index (χ2v) is 6.30. The van der Waals surface area contributed by atoms with Crippen LogP contribution in [0.25, 0.3) is 11.0 Å². The van der Waals surface area contributed by atoms with E-state index in [-0.39, 0.29) is 12.5 Å². The molecule has 0 atom stereocenters. The van der Waals surface area contributed by atoms with Crippen molar-refractivity contribution in [2.45, 2.75) is 19.4 Å². The lowest BCUT2D eigenvalue weighted by Crippen LogP contribution is -2.29. The molecule has 1 aliphatic rings. The summed E-state index contributed by atoms with van der Waals surface area (Å²) in [4.78, 5) is 16.7. The van der Waals surface area contributed by atoms with Crippen molar-refractivity contribution in [1.82, 2.24) is 14.9 Å². The number of fused-ring (bicyclic) bond motifs is 2. The molecule has 0 saturated heterocycles. The first-order chi connectivity index (χ1) is 12.8. The molecule has 6 heteroatoms. The number of imidazole rings is 1. The molecule has 0 fully saturated rings. The maximum Gasteiger partial charge on any atom is 0.240 e. The molecule has 2 aromatic carbocycles. The van der Waals surface area contributed by atoms with Crippen LogP contribution in [0.1, 0.15) is 12.0 Å². The van der Waals surface area contributed by atoms with E-state index >= 15 is 0 Å². The third-order valence-corrected chi connectivity index (χ3v) is 4.38. The van der Waals surface area contributed by atoms with Gasteiger partial charge in [-0.15, -0.1) is 0 Å². The maximum absolute atomic E-state index is 12.3. The fourth-order valence-electron chi connectivity index (χ4n) is 3.04. The molecule has 134 valence electrons. The number of amides is 1. The average molecular weight is 351 g/mol. The van der Waals surface area contributed by atoms with E-state index in [4.69, 9.17) is 9.47 Å². The van der Waals surface area contributed by atoms with Crippen molar-refractivity contribution in [1.29, 1.82) is 0 Å². The van der Waals surface area contributed by atoms with Gasteiger partial charge >= 0.3 is 0 Å². The first-order valence-corrected chi connectivity index (χ1v) is 8.85. The molecular weight excluding hydrogens is 330 g/mol. The van der Waals surface area contributed by atoms with Gasteiger partial charge in [0.05, 0.1) is 30.6 Å². The van der Waals surface area contributed by atoms with Gasteiger partial charge in [0, 0.05) is 25.1 Å². The largest absolute Gasteiger partial charge is 0.489 e. The van der Waals surface area contributed by atoms with E-state index in [0.29, 0.717) is 31.3 Å². The maximum atomic E-state index is 12.3. The minimum absolute atomic E-state index is 0.0349. The molecule has 2 heterocycles. The van der Waals surface area contributed by atoms with Crippen molar-refractivity contribution < 1.29 is 14.3 Å². The molecule has 1 aromatic heterocycles. The smallest absolute Gasteiger partial charge is 0.240 e. The van der Waals surface area contributed by atoms with Crippen molar-refractivity contribution in [2.24, 2.45) is 0 Å². The van der Waals surface area contributed by atoms with Crippen LogP contribution in [0.4, 0.5) is 0 Å². The number of aromatic nitrogens is 2. The summed E-state index contributed by atoms with van der Waals surface area (Å²) in [5.74, 6) is 1.39. The van der Waals surface area contributed by atoms with Crippen LogP contribution in [0.5, 0.6) is 11.5 Å². The van der Waals surface area contributed by atoms with Gasteiger partial charge in [-0.05, 0) is 12.0 Å². The van der Waals surface area contributed by atoms with Crippen molar-refractivity contribution in [3.05, 3.63) is 54.4 Å². The van der Waals surface area contributed by atoms with E-state index < -0.39 is 0 Å². The van der Waals surface area contributed by atoms with Crippen molar-refractivity contribution in [2.75, 3.05) is 19.8 Å². The SMILES string of the molecule is O=C(Cn1cnc2cc3c(cc21)OCCCO3)NCCc1ccccc1. The second-order valence-electron chi connectivity index (χ2n) is 6.30. The Hall–Kier alpha value is -3.02. The van der Waals surface area contributed by atoms with E-state index in [0.717, 1.165) is 23.9 Å². The number of rotatable bonds is 5. The third kappa shape index (κ3) is 3.64. The van der Waals surface area contributed by atoms with Gasteiger partial charge in [-0.3, -0.25) is 4.79 Å². The Morgan fingerprint density at radius 2 is 1.88 bits per heavy atom. The number of benzene rings is 2. The molecule has 0 radical (unpaired) electrons. The molecule has 0 bridgehead atoms. The van der Waals surface area contributed by atoms with Crippen LogP contribution < -0.4 is 14.8 Å². The Labute approximate surface area is 151 Å². The molecule has 1 amide bonds. The molecule has 0 saturated carbocycles. The molecule has 6 nitrogen and oxygen atoms in total. The summed E-state index contributed by atoms with van der Waals surface area (Å²) in [6.45, 7) is 2.11. The number of ether oxygens (including phenoxy) is 2. The molecule has 1 aliphatic heterocycles. The molecule has 0 spiro atoms. The number of nitrogens with one attached hydrogen (secondary N) is 1. The Morgan fingerprint density at radius 1 is 1.12 bits per heavy atom. The first-order valence-electron chi connectivity index (χ1n) is 8.85. The number of hydrogen-bond donors (Lipinski definition) is 1. The summed E-state index contributed by atoms with van der Waals surface area (Å²) in [5.41, 5.74) is 2.87. The summed E-state index contributed by atoms with van der Waals surface area (Å²) in [5, 5.41) is 2.96. The van der Waals surface area contributed by atoms with Gasteiger partial charge in [-0.25, -0.2) is 4.98 Å². The summed E-state index contributed by atoms with van der Waals surface area (Å²) in [7, 11) is 0. The predicted octanol–water partition coefficient (Wildman–Crippen LogP) is 2.56. The molecular formula is C20H21N3O3. The highest BCUT2D eigenvalue weighted by atomic mass is 16.5. The predicted molar refractivity (Wildman–Crippen MR) is 98.5 cm³/mol. The van der Waals surface area contributed by atoms with E-state index in [1.54, 1.807) is 6.33 Å². The molecule has 3 aromatic rings. The van der Waals surface area contributed by atoms with Crippen molar-refractivity contribution >= 4 is 16.9 Å². The first kappa shape index (κ1) is 16.4. The number of carbonyl (C=O) groups excluding carboxylic acids is 1. The van der Waals surface area contributed by atoms with Gasteiger partial charge in [-0.2, -0.15) is 0 Å². The van der Waals surface area contributed by atoms with Gasteiger partial charge < -0.3 is 19.4 Å². The Bertz CT molecular complexity index is 905. The zero-order valence-corrected chi connectivity index (χ0v) is 14.5. The van der Waals surface area contributed by atoms with Crippen LogP contribution in [0, 0.1) is 0 Å². The number of carbonyl (C=O) groups is 1. The quantitative estimate of drug-likeness (QED) is 0.767. The molecule has 1 N–H and O–H groups in total. The Kier molecular flexibility index (Phi) is 4.73. The topological polar surface area (TPSA) is 65.4 Å². The summed E-state index contributed by atoms with van der Waals surface area (Å²) in [6, 6.07) is 13.9. The van der Waals surface area contributed by atoms with Gasteiger partial charge in [0.15, 0.2) is 11.5 Å². The highest BCUT2D eigenvalue weighted by molar-refractivity contribution is 5.83. The van der Waals surface area contributed by atoms with Gasteiger partial charge in [0.2, 0.25) is 5.91 Å². The molecule has 26 heavy (non-hydrogen) atoms. The third-order valence-electron chi connectivity index (χ3n) is 4.38. The zero-order valence-electron chi connectivity index (χ0n) is 14.5. The fourth-order valence-corrected chi connectivity index (χ4v) is 3.04. The standard InChI is InChI=1S/C20H21N3O3/c24-20(21-8-7-15-5-2-1-3-6-15)13-23-14-22-16-11-18-19(12-17(16)23)26-10-4-9-25-18/h1-3,5-6,11-12,14H,4,7-10,13H2,(H,21,24). The van der Waals surface area contributed by atoms with Crippen LogP contribution >= 0.6 is 0 Å². The van der Waals surface area contributed by atoms with Gasteiger partial charge in [0.25, 0.3) is 0 Å². The summed E-state index contributed by atoms with van der Waals surface area (Å²) in [6.07, 6.45) is 3.35. The summed E-state index contributed by atoms with van der Waals surface area (Å²) >= 11 is 0. The Morgan fingerprint density at radius 3 is 2.69 bits per heavy atom. The second kappa shape index (κ2) is 7.47. The zero-order chi connectivity index (χ0) is 17.8. The van der Waals surface area contributed by atoms with Crippen LogP contribution in [-0.2, 0) is 17.8 Å². The minimum Gasteiger partial charge on any atom is -0.489 e. The van der Waals surface area contributed by atoms with Crippen molar-refractivity contribution in [3.63, 3.8) is 0 Å². The lowest BCUT2D eigenvalue weighted by atomic mass is 10.1. The number of nitrogens with zero attached hydrogens (tertiary/aromatic N) is 2. The normalized spacial score (nSPS) is 13.4. The lowest BCUT2D eigenvalue weighted by Gasteiger charge is -2.09. The summed E-state index contributed by atoms with van der Waals surface area (Å²) < 4.78 is 13.3. The van der Waals surface area contributed by atoms with Crippen LogP contribution in [0.15, 0.2) is 48.8 Å². The highest BCUT2D eigenvalue weighted by Crippen LogP contribution is 2.33. The monoisotopic (exact) mass is 351 g/mol. The van der Waals surface area contributed by atoms with Crippen LogP contribution in [0.3, 0.4) is 0 Å². The number of hydrogen-bond acceptors (Lipinski definition) is 4. The van der Waals surface area contributed by atoms with E-state index in [2.05, 4.69) is 22.4 Å².